The average Bonchev–Trinajstić information content (AvgIpc) is 3.26. The lowest BCUT2D eigenvalue weighted by molar-refractivity contribution is 0.487. The minimum Gasteiger partial charge on any atom is -0.444 e. The maximum Gasteiger partial charge on any atom is 0.226 e. The molecule has 3 rings (SSSR count). The molecular weight excluding hydrogens is 410 g/mol. The van der Waals surface area contributed by atoms with Crippen LogP contribution in [0.2, 0.25) is 0 Å². The van der Waals surface area contributed by atoms with Crippen molar-refractivity contribution in [3.63, 3.8) is 0 Å². The third-order valence-electron chi connectivity index (χ3n) is 3.74. The topological polar surface area (TPSA) is 67.7 Å². The number of rotatable bonds is 5. The van der Waals surface area contributed by atoms with Crippen molar-refractivity contribution >= 4 is 29.9 Å². The van der Waals surface area contributed by atoms with Crippen molar-refractivity contribution < 1.29 is 8.81 Å². The summed E-state index contributed by atoms with van der Waals surface area (Å²) >= 11 is 0. The third kappa shape index (κ3) is 4.66. The number of aliphatic imine (C=N–C) groups is 1. The third-order valence-corrected chi connectivity index (χ3v) is 3.74. The van der Waals surface area contributed by atoms with Crippen molar-refractivity contribution in [2.45, 2.75) is 25.3 Å². The number of aromatic nitrogens is 1. The first-order chi connectivity index (χ1) is 10.6. The second-order valence-corrected chi connectivity index (χ2v) is 5.48. The molecule has 1 saturated carbocycles. The van der Waals surface area contributed by atoms with Crippen LogP contribution in [0.4, 0.5) is 4.39 Å². The van der Waals surface area contributed by atoms with Gasteiger partial charge in [0.05, 0.1) is 5.69 Å². The molecule has 23 heavy (non-hydrogen) atoms. The molecule has 2 N–H and O–H groups in total. The summed E-state index contributed by atoms with van der Waals surface area (Å²) < 4.78 is 18.3. The standard InChI is InChI=1S/C16H19FN4O.HI/c1-21(14-6-7-14)16(18)19-9-8-13-10-22-15(20-13)11-2-4-12(17)5-3-11;/h2-5,10,14H,6-9H2,1H3,(H2,18,19);1H. The lowest BCUT2D eigenvalue weighted by Crippen LogP contribution is -2.35. The lowest BCUT2D eigenvalue weighted by Gasteiger charge is -2.16. The first-order valence-corrected chi connectivity index (χ1v) is 7.36. The van der Waals surface area contributed by atoms with Crippen LogP contribution in [0.1, 0.15) is 18.5 Å². The van der Waals surface area contributed by atoms with Gasteiger partial charge in [-0.25, -0.2) is 9.37 Å². The van der Waals surface area contributed by atoms with Crippen molar-refractivity contribution in [1.82, 2.24) is 9.88 Å². The largest absolute Gasteiger partial charge is 0.444 e. The van der Waals surface area contributed by atoms with E-state index in [2.05, 4.69) is 9.98 Å². The van der Waals surface area contributed by atoms with Crippen LogP contribution in [0.5, 0.6) is 0 Å². The molecule has 1 aromatic heterocycles. The highest BCUT2D eigenvalue weighted by atomic mass is 127. The Morgan fingerprint density at radius 2 is 2.09 bits per heavy atom. The first kappa shape index (κ1) is 17.7. The molecule has 1 aromatic carbocycles. The minimum absolute atomic E-state index is 0. The summed E-state index contributed by atoms with van der Waals surface area (Å²) in [5.74, 6) is 0.784. The fourth-order valence-corrected chi connectivity index (χ4v) is 2.19. The van der Waals surface area contributed by atoms with Gasteiger partial charge in [0.2, 0.25) is 5.89 Å². The summed E-state index contributed by atoms with van der Waals surface area (Å²) in [5.41, 5.74) is 7.49. The molecule has 0 radical (unpaired) electrons. The molecular formula is C16H20FIN4O. The van der Waals surface area contributed by atoms with Crippen LogP contribution in [0.3, 0.4) is 0 Å². The zero-order valence-corrected chi connectivity index (χ0v) is 15.2. The van der Waals surface area contributed by atoms with E-state index in [9.17, 15) is 4.39 Å². The van der Waals surface area contributed by atoms with E-state index in [1.54, 1.807) is 18.4 Å². The quantitative estimate of drug-likeness (QED) is 0.450. The maximum absolute atomic E-state index is 12.9. The van der Waals surface area contributed by atoms with E-state index < -0.39 is 0 Å². The van der Waals surface area contributed by atoms with Crippen molar-refractivity contribution in [1.29, 1.82) is 0 Å². The molecule has 1 heterocycles. The lowest BCUT2D eigenvalue weighted by atomic mass is 10.2. The molecule has 0 aliphatic heterocycles. The van der Waals surface area contributed by atoms with Gasteiger partial charge in [-0.2, -0.15) is 0 Å². The molecule has 0 unspecified atom stereocenters. The predicted molar refractivity (Wildman–Crippen MR) is 98.3 cm³/mol. The van der Waals surface area contributed by atoms with Gasteiger partial charge in [0.15, 0.2) is 5.96 Å². The summed E-state index contributed by atoms with van der Waals surface area (Å²) in [6.45, 7) is 0.568. The van der Waals surface area contributed by atoms with E-state index in [1.165, 1.54) is 25.0 Å². The first-order valence-electron chi connectivity index (χ1n) is 7.36. The molecule has 1 aliphatic rings. The second-order valence-electron chi connectivity index (χ2n) is 5.48. The normalized spacial score (nSPS) is 14.4. The smallest absolute Gasteiger partial charge is 0.226 e. The molecule has 0 saturated heterocycles. The summed E-state index contributed by atoms with van der Waals surface area (Å²) in [6.07, 6.45) is 4.65. The van der Waals surface area contributed by atoms with Gasteiger partial charge in [0.25, 0.3) is 0 Å². The molecule has 0 spiro atoms. The molecule has 1 fully saturated rings. The van der Waals surface area contributed by atoms with Crippen LogP contribution in [-0.2, 0) is 6.42 Å². The fourth-order valence-electron chi connectivity index (χ4n) is 2.19. The molecule has 2 aromatic rings. The number of oxazole rings is 1. The Morgan fingerprint density at radius 3 is 2.74 bits per heavy atom. The SMILES string of the molecule is CN(C(N)=NCCc1coc(-c2ccc(F)cc2)n1)C1CC1.I. The molecule has 0 amide bonds. The molecule has 5 nitrogen and oxygen atoms in total. The minimum atomic E-state index is -0.278. The Bertz CT molecular complexity index is 667. The van der Waals surface area contributed by atoms with Crippen LogP contribution in [-0.4, -0.2) is 35.5 Å². The van der Waals surface area contributed by atoms with Gasteiger partial charge in [-0.15, -0.1) is 24.0 Å². The average molecular weight is 430 g/mol. The fraction of sp³-hybridized carbons (Fsp3) is 0.375. The van der Waals surface area contributed by atoms with Crippen molar-refractivity contribution in [2.75, 3.05) is 13.6 Å². The van der Waals surface area contributed by atoms with Gasteiger partial charge < -0.3 is 15.1 Å². The van der Waals surface area contributed by atoms with Gasteiger partial charge in [0, 0.05) is 31.6 Å². The zero-order valence-electron chi connectivity index (χ0n) is 12.9. The Labute approximate surface area is 151 Å². The van der Waals surface area contributed by atoms with E-state index >= 15 is 0 Å². The predicted octanol–water partition coefficient (Wildman–Crippen LogP) is 3.05. The van der Waals surface area contributed by atoms with Gasteiger partial charge in [-0.1, -0.05) is 0 Å². The number of nitrogens with zero attached hydrogens (tertiary/aromatic N) is 3. The Balaban J connectivity index is 0.00000192. The van der Waals surface area contributed by atoms with Gasteiger partial charge in [0.1, 0.15) is 12.1 Å². The maximum atomic E-state index is 12.9. The van der Waals surface area contributed by atoms with Crippen molar-refractivity contribution in [3.05, 3.63) is 42.0 Å². The van der Waals surface area contributed by atoms with Crippen LogP contribution < -0.4 is 5.73 Å². The van der Waals surface area contributed by atoms with Gasteiger partial charge >= 0.3 is 0 Å². The summed E-state index contributed by atoms with van der Waals surface area (Å²) in [5, 5.41) is 0. The van der Waals surface area contributed by atoms with Crippen LogP contribution in [0, 0.1) is 5.82 Å². The number of guanidine groups is 1. The summed E-state index contributed by atoms with van der Waals surface area (Å²) in [6, 6.07) is 6.62. The second kappa shape index (κ2) is 7.76. The number of nitrogens with two attached hydrogens (primary N) is 1. The summed E-state index contributed by atoms with van der Waals surface area (Å²) in [4.78, 5) is 10.8. The number of halogens is 2. The van der Waals surface area contributed by atoms with Gasteiger partial charge in [-0.3, -0.25) is 4.99 Å². The summed E-state index contributed by atoms with van der Waals surface area (Å²) in [7, 11) is 1.97. The van der Waals surface area contributed by atoms with Crippen LogP contribution >= 0.6 is 24.0 Å². The molecule has 124 valence electrons. The molecule has 1 aliphatic carbocycles. The van der Waals surface area contributed by atoms with Crippen LogP contribution in [0.25, 0.3) is 11.5 Å². The van der Waals surface area contributed by atoms with Crippen molar-refractivity contribution in [3.8, 4) is 11.5 Å². The zero-order chi connectivity index (χ0) is 15.5. The Hall–Kier alpha value is -1.64. The molecule has 7 heteroatoms. The highest BCUT2D eigenvalue weighted by Crippen LogP contribution is 2.24. The van der Waals surface area contributed by atoms with E-state index in [-0.39, 0.29) is 29.8 Å². The van der Waals surface area contributed by atoms with E-state index in [1.807, 2.05) is 11.9 Å². The Kier molecular flexibility index (Phi) is 5.97. The van der Waals surface area contributed by atoms with E-state index in [0.29, 0.717) is 30.9 Å². The highest BCUT2D eigenvalue weighted by Gasteiger charge is 2.27. The Morgan fingerprint density at radius 1 is 1.39 bits per heavy atom. The van der Waals surface area contributed by atoms with E-state index in [4.69, 9.17) is 10.2 Å². The van der Waals surface area contributed by atoms with Crippen LogP contribution in [0.15, 0.2) is 39.9 Å². The number of benzene rings is 1. The monoisotopic (exact) mass is 430 g/mol. The van der Waals surface area contributed by atoms with E-state index in [0.717, 1.165) is 11.3 Å². The molecule has 0 bridgehead atoms. The highest BCUT2D eigenvalue weighted by molar-refractivity contribution is 14.0. The van der Waals surface area contributed by atoms with Gasteiger partial charge in [-0.05, 0) is 37.1 Å². The number of hydrogen-bond acceptors (Lipinski definition) is 3. The molecule has 0 atom stereocenters. The van der Waals surface area contributed by atoms with Crippen molar-refractivity contribution in [2.24, 2.45) is 10.7 Å². The number of hydrogen-bond donors (Lipinski definition) is 1.